The molecule has 0 bridgehead atoms. The van der Waals surface area contributed by atoms with Crippen LogP contribution in [0.2, 0.25) is 0 Å². The fourth-order valence-electron chi connectivity index (χ4n) is 1.72. The average molecular weight is 247 g/mol. The molecule has 18 heavy (non-hydrogen) atoms. The van der Waals surface area contributed by atoms with Crippen LogP contribution in [-0.2, 0) is 13.0 Å². The second kappa shape index (κ2) is 5.63. The Morgan fingerprint density at radius 2 is 1.61 bits per heavy atom. The SMILES string of the molecule is CCc1ccc(CNc2cc(F)ccc2F)cc1. The molecule has 0 amide bonds. The molecule has 2 aromatic carbocycles. The molecule has 0 aromatic heterocycles. The number of aryl methyl sites for hydroxylation is 1. The first-order valence-electron chi connectivity index (χ1n) is 5.96. The molecule has 0 spiro atoms. The Kier molecular flexibility index (Phi) is 3.92. The molecule has 1 N–H and O–H groups in total. The summed E-state index contributed by atoms with van der Waals surface area (Å²) in [6.45, 7) is 2.57. The lowest BCUT2D eigenvalue weighted by atomic mass is 10.1. The van der Waals surface area contributed by atoms with Crippen molar-refractivity contribution in [3.8, 4) is 0 Å². The van der Waals surface area contributed by atoms with Crippen molar-refractivity contribution in [2.45, 2.75) is 19.9 Å². The molecule has 2 rings (SSSR count). The normalized spacial score (nSPS) is 10.4. The summed E-state index contributed by atoms with van der Waals surface area (Å²) in [7, 11) is 0. The van der Waals surface area contributed by atoms with Crippen LogP contribution in [0.5, 0.6) is 0 Å². The number of rotatable bonds is 4. The van der Waals surface area contributed by atoms with Gasteiger partial charge in [0, 0.05) is 6.54 Å². The molecule has 0 aliphatic carbocycles. The van der Waals surface area contributed by atoms with Gasteiger partial charge < -0.3 is 5.32 Å². The van der Waals surface area contributed by atoms with Gasteiger partial charge in [0.15, 0.2) is 0 Å². The summed E-state index contributed by atoms with van der Waals surface area (Å²) in [5.74, 6) is -0.887. The van der Waals surface area contributed by atoms with Crippen molar-refractivity contribution in [2.75, 3.05) is 5.32 Å². The Morgan fingerprint density at radius 3 is 2.28 bits per heavy atom. The van der Waals surface area contributed by atoms with E-state index in [9.17, 15) is 8.78 Å². The molecule has 0 aliphatic heterocycles. The van der Waals surface area contributed by atoms with E-state index in [-0.39, 0.29) is 5.69 Å². The fraction of sp³-hybridized carbons (Fsp3) is 0.200. The topological polar surface area (TPSA) is 12.0 Å². The highest BCUT2D eigenvalue weighted by atomic mass is 19.1. The molecule has 94 valence electrons. The minimum absolute atomic E-state index is 0.189. The number of anilines is 1. The van der Waals surface area contributed by atoms with Crippen LogP contribution in [0.15, 0.2) is 42.5 Å². The maximum atomic E-state index is 13.4. The van der Waals surface area contributed by atoms with Crippen molar-refractivity contribution in [1.29, 1.82) is 0 Å². The van der Waals surface area contributed by atoms with Gasteiger partial charge in [-0.2, -0.15) is 0 Å². The second-order valence-electron chi connectivity index (χ2n) is 4.15. The fourth-order valence-corrected chi connectivity index (χ4v) is 1.72. The zero-order valence-corrected chi connectivity index (χ0v) is 10.2. The Balaban J connectivity index is 2.04. The highest BCUT2D eigenvalue weighted by Crippen LogP contribution is 2.16. The number of hydrogen-bond acceptors (Lipinski definition) is 1. The quantitative estimate of drug-likeness (QED) is 0.856. The van der Waals surface area contributed by atoms with Crippen molar-refractivity contribution in [3.63, 3.8) is 0 Å². The highest BCUT2D eigenvalue weighted by Gasteiger charge is 2.03. The molecule has 0 atom stereocenters. The molecule has 0 saturated heterocycles. The summed E-state index contributed by atoms with van der Waals surface area (Å²) in [5, 5.41) is 2.89. The van der Waals surface area contributed by atoms with Crippen LogP contribution in [0.1, 0.15) is 18.1 Å². The summed E-state index contributed by atoms with van der Waals surface area (Å²) in [6, 6.07) is 11.5. The lowest BCUT2D eigenvalue weighted by molar-refractivity contribution is 0.602. The van der Waals surface area contributed by atoms with E-state index < -0.39 is 11.6 Å². The van der Waals surface area contributed by atoms with Gasteiger partial charge >= 0.3 is 0 Å². The average Bonchev–Trinajstić information content (AvgIpc) is 2.40. The van der Waals surface area contributed by atoms with Crippen LogP contribution in [-0.4, -0.2) is 0 Å². The maximum absolute atomic E-state index is 13.4. The van der Waals surface area contributed by atoms with Gasteiger partial charge in [0.1, 0.15) is 11.6 Å². The third-order valence-corrected chi connectivity index (χ3v) is 2.84. The molecular weight excluding hydrogens is 232 g/mol. The summed E-state index contributed by atoms with van der Waals surface area (Å²) in [5.41, 5.74) is 2.49. The van der Waals surface area contributed by atoms with E-state index in [1.165, 1.54) is 5.56 Å². The molecule has 3 heteroatoms. The van der Waals surface area contributed by atoms with E-state index >= 15 is 0 Å². The first-order chi connectivity index (χ1) is 8.69. The van der Waals surface area contributed by atoms with Crippen molar-refractivity contribution >= 4 is 5.69 Å². The Bertz CT molecular complexity index is 521. The van der Waals surface area contributed by atoms with Crippen molar-refractivity contribution in [2.24, 2.45) is 0 Å². The van der Waals surface area contributed by atoms with E-state index in [0.29, 0.717) is 6.54 Å². The zero-order chi connectivity index (χ0) is 13.0. The Morgan fingerprint density at radius 1 is 0.944 bits per heavy atom. The van der Waals surface area contributed by atoms with Crippen LogP contribution in [0.25, 0.3) is 0 Å². The number of hydrogen-bond donors (Lipinski definition) is 1. The molecule has 0 radical (unpaired) electrons. The van der Waals surface area contributed by atoms with Gasteiger partial charge in [-0.05, 0) is 35.7 Å². The third-order valence-electron chi connectivity index (χ3n) is 2.84. The highest BCUT2D eigenvalue weighted by molar-refractivity contribution is 5.45. The molecule has 1 nitrogen and oxygen atoms in total. The Hall–Kier alpha value is -1.90. The summed E-state index contributed by atoms with van der Waals surface area (Å²) < 4.78 is 26.3. The predicted molar refractivity (Wildman–Crippen MR) is 69.5 cm³/mol. The van der Waals surface area contributed by atoms with Gasteiger partial charge in [0.2, 0.25) is 0 Å². The van der Waals surface area contributed by atoms with Crippen LogP contribution in [0.3, 0.4) is 0 Å². The van der Waals surface area contributed by atoms with E-state index in [1.807, 2.05) is 24.3 Å². The van der Waals surface area contributed by atoms with E-state index in [1.54, 1.807) is 0 Å². The van der Waals surface area contributed by atoms with Gasteiger partial charge in [0.05, 0.1) is 5.69 Å². The Labute approximate surface area is 105 Å². The van der Waals surface area contributed by atoms with Crippen LogP contribution in [0.4, 0.5) is 14.5 Å². The van der Waals surface area contributed by atoms with Gasteiger partial charge in [-0.15, -0.1) is 0 Å². The van der Waals surface area contributed by atoms with E-state index in [2.05, 4.69) is 12.2 Å². The molecule has 0 aliphatic rings. The number of halogens is 2. The van der Waals surface area contributed by atoms with Crippen LogP contribution < -0.4 is 5.32 Å². The largest absolute Gasteiger partial charge is 0.379 e. The summed E-state index contributed by atoms with van der Waals surface area (Å²) >= 11 is 0. The minimum Gasteiger partial charge on any atom is -0.379 e. The van der Waals surface area contributed by atoms with Gasteiger partial charge in [-0.25, -0.2) is 8.78 Å². The maximum Gasteiger partial charge on any atom is 0.146 e. The minimum atomic E-state index is -0.444. The molecule has 0 heterocycles. The van der Waals surface area contributed by atoms with Crippen molar-refractivity contribution in [1.82, 2.24) is 0 Å². The van der Waals surface area contributed by atoms with Gasteiger partial charge in [-0.1, -0.05) is 31.2 Å². The van der Waals surface area contributed by atoms with Crippen molar-refractivity contribution < 1.29 is 8.78 Å². The zero-order valence-electron chi connectivity index (χ0n) is 10.2. The number of benzene rings is 2. The first kappa shape index (κ1) is 12.6. The van der Waals surface area contributed by atoms with E-state index in [0.717, 1.165) is 30.2 Å². The molecule has 0 saturated carbocycles. The summed E-state index contributed by atoms with van der Waals surface area (Å²) in [4.78, 5) is 0. The van der Waals surface area contributed by atoms with Crippen LogP contribution in [0, 0.1) is 11.6 Å². The van der Waals surface area contributed by atoms with Gasteiger partial charge in [0.25, 0.3) is 0 Å². The second-order valence-corrected chi connectivity index (χ2v) is 4.15. The van der Waals surface area contributed by atoms with Gasteiger partial charge in [-0.3, -0.25) is 0 Å². The molecular formula is C15H15F2N. The predicted octanol–water partition coefficient (Wildman–Crippen LogP) is 4.14. The van der Waals surface area contributed by atoms with E-state index in [4.69, 9.17) is 0 Å². The summed E-state index contributed by atoms with van der Waals surface area (Å²) in [6.07, 6.45) is 0.992. The number of nitrogens with one attached hydrogen (secondary N) is 1. The third kappa shape index (κ3) is 3.06. The lowest BCUT2D eigenvalue weighted by Gasteiger charge is -2.08. The smallest absolute Gasteiger partial charge is 0.146 e. The molecule has 0 unspecified atom stereocenters. The molecule has 2 aromatic rings. The monoisotopic (exact) mass is 247 g/mol. The lowest BCUT2D eigenvalue weighted by Crippen LogP contribution is -2.02. The molecule has 0 fully saturated rings. The van der Waals surface area contributed by atoms with Crippen molar-refractivity contribution in [3.05, 3.63) is 65.2 Å². The van der Waals surface area contributed by atoms with Crippen LogP contribution >= 0.6 is 0 Å². The standard InChI is InChI=1S/C15H15F2N/c1-2-11-3-5-12(6-4-11)10-18-15-9-13(16)7-8-14(15)17/h3-9,18H,2,10H2,1H3. The first-order valence-corrected chi connectivity index (χ1v) is 5.96.